The molecule has 2 fully saturated rings. The Morgan fingerprint density at radius 2 is 1.96 bits per heavy atom. The van der Waals surface area contributed by atoms with Gasteiger partial charge in [0.1, 0.15) is 12.4 Å². The first-order valence-corrected chi connectivity index (χ1v) is 19.8. The van der Waals surface area contributed by atoms with E-state index in [1.54, 1.807) is 24.3 Å². The van der Waals surface area contributed by atoms with E-state index in [0.717, 1.165) is 75.6 Å². The summed E-state index contributed by atoms with van der Waals surface area (Å²) in [5.74, 6) is 0.715. The Labute approximate surface area is 292 Å². The Kier molecular flexibility index (Phi) is 12.7. The van der Waals surface area contributed by atoms with Gasteiger partial charge in [0.15, 0.2) is 0 Å². The Hall–Kier alpha value is -2.81. The van der Waals surface area contributed by atoms with E-state index in [0.29, 0.717) is 42.7 Å². The molecule has 0 spiro atoms. The molecule has 1 heterocycles. The molecule has 48 heavy (non-hydrogen) atoms. The van der Waals surface area contributed by atoms with Crippen LogP contribution in [0.3, 0.4) is 0 Å². The second-order valence-electron chi connectivity index (χ2n) is 14.2. The molecule has 7 nitrogen and oxygen atoms in total. The molecule has 0 aromatic heterocycles. The number of allylic oxidation sites excluding steroid dienone is 2. The molecule has 0 radical (unpaired) electrons. The molecule has 2 N–H and O–H groups in total. The number of nitrogens with zero attached hydrogens (tertiary/aromatic N) is 1. The van der Waals surface area contributed by atoms with Crippen molar-refractivity contribution >= 4 is 33.2 Å². The lowest BCUT2D eigenvalue weighted by atomic mass is 9.70. The first-order chi connectivity index (χ1) is 23.1. The van der Waals surface area contributed by atoms with Gasteiger partial charge in [-0.2, -0.15) is 0 Å². The second-order valence-corrected chi connectivity index (χ2v) is 16.5. The number of carbonyl (C=O) groups excluding carboxylic acids is 1. The molecule has 0 unspecified atom stereocenters. The van der Waals surface area contributed by atoms with Gasteiger partial charge in [-0.25, -0.2) is 13.1 Å². The summed E-state index contributed by atoms with van der Waals surface area (Å²) in [6.45, 7) is 9.66. The van der Waals surface area contributed by atoms with Crippen molar-refractivity contribution in [1.29, 1.82) is 0 Å². The molecule has 2 aromatic carbocycles. The van der Waals surface area contributed by atoms with Crippen LogP contribution in [0, 0.1) is 23.7 Å². The minimum absolute atomic E-state index is 0.148. The van der Waals surface area contributed by atoms with Crippen molar-refractivity contribution in [2.45, 2.75) is 102 Å². The molecule has 1 aliphatic heterocycles. The maximum Gasteiger partial charge on any atom is 0.264 e. The average Bonchev–Trinajstić information content (AvgIpc) is 3.86. The number of anilines is 1. The van der Waals surface area contributed by atoms with E-state index in [1.165, 1.54) is 5.56 Å². The van der Waals surface area contributed by atoms with Gasteiger partial charge in [0.2, 0.25) is 10.0 Å². The SMILES string of the molecule is C=CC[C@@H](C)[C@@H](CC1CC1)S(=O)(=O)NC(=O)c1ccc2c(c1)N(C[C@@H]1CC[C@H]1[C@@H](O)/C=C/CCC)CCCCc1cc(Cl)ccc1CO2. The third-order valence-electron chi connectivity index (χ3n) is 10.5. The number of carbonyl (C=O) groups is 1. The molecular weight excluding hydrogens is 644 g/mol. The highest BCUT2D eigenvalue weighted by Gasteiger charge is 2.38. The zero-order chi connectivity index (χ0) is 34.3. The monoisotopic (exact) mass is 696 g/mol. The van der Waals surface area contributed by atoms with Crippen LogP contribution >= 0.6 is 11.6 Å². The molecule has 0 saturated heterocycles. The number of fused-ring (bicyclic) bond motifs is 2. The van der Waals surface area contributed by atoms with Crippen LogP contribution < -0.4 is 14.4 Å². The quantitative estimate of drug-likeness (QED) is 0.193. The summed E-state index contributed by atoms with van der Waals surface area (Å²) in [5, 5.41) is 11.0. The fraction of sp³-hybridized carbons (Fsp3) is 0.564. The number of nitrogens with one attached hydrogen (secondary N) is 1. The number of ether oxygens (including phenoxy) is 1. The number of unbranched alkanes of at least 4 members (excludes halogenated alkanes) is 1. The summed E-state index contributed by atoms with van der Waals surface area (Å²) in [5.41, 5.74) is 3.30. The minimum atomic E-state index is -3.92. The molecule has 9 heteroatoms. The smallest absolute Gasteiger partial charge is 0.264 e. The van der Waals surface area contributed by atoms with E-state index >= 15 is 0 Å². The Morgan fingerprint density at radius 1 is 1.15 bits per heavy atom. The van der Waals surface area contributed by atoms with Gasteiger partial charge in [-0.3, -0.25) is 4.79 Å². The van der Waals surface area contributed by atoms with Gasteiger partial charge in [-0.05, 0) is 116 Å². The third kappa shape index (κ3) is 9.45. The topological polar surface area (TPSA) is 95.9 Å². The Balaban J connectivity index is 1.42. The van der Waals surface area contributed by atoms with E-state index in [9.17, 15) is 18.3 Å². The third-order valence-corrected chi connectivity index (χ3v) is 12.6. The first-order valence-electron chi connectivity index (χ1n) is 17.9. The summed E-state index contributed by atoms with van der Waals surface area (Å²) < 4.78 is 36.2. The molecule has 262 valence electrons. The summed E-state index contributed by atoms with van der Waals surface area (Å²) in [6, 6.07) is 11.1. The van der Waals surface area contributed by atoms with Crippen molar-refractivity contribution in [1.82, 2.24) is 4.72 Å². The summed E-state index contributed by atoms with van der Waals surface area (Å²) in [7, 11) is -3.92. The highest BCUT2D eigenvalue weighted by molar-refractivity contribution is 7.90. The van der Waals surface area contributed by atoms with E-state index in [1.807, 2.05) is 31.2 Å². The fourth-order valence-corrected chi connectivity index (χ4v) is 9.17. The fourth-order valence-electron chi connectivity index (χ4n) is 7.20. The number of aliphatic hydroxyl groups excluding tert-OH is 1. The molecule has 5 atom stereocenters. The summed E-state index contributed by atoms with van der Waals surface area (Å²) in [6.07, 6.45) is 15.2. The predicted octanol–water partition coefficient (Wildman–Crippen LogP) is 8.25. The Bertz CT molecular complexity index is 1560. The van der Waals surface area contributed by atoms with Crippen molar-refractivity contribution in [2.24, 2.45) is 23.7 Å². The number of halogens is 1. The standard InChI is InChI=1S/C39H53ClN2O5S/c1-4-6-7-12-36(43)34-19-16-31(34)25-42-21-9-8-11-29-23-33(40)18-15-32(29)26-47-37-20-17-30(24-35(37)42)39(44)41-48(45,46)38(22-28-13-14-28)27(3)10-5-2/h5,7,12,15,17-18,20,23-24,27-28,31,34,36,38,43H,2,4,6,8-11,13-14,16,19,21-22,25-26H2,1,3H3,(H,41,44)/b12-7+/t27-,31+,34-,36+,38-/m1/s1. The zero-order valence-electron chi connectivity index (χ0n) is 28.6. The molecule has 0 bridgehead atoms. The van der Waals surface area contributed by atoms with Crippen LogP contribution in [0.4, 0.5) is 5.69 Å². The highest BCUT2D eigenvalue weighted by Crippen LogP contribution is 2.41. The lowest BCUT2D eigenvalue weighted by Crippen LogP contribution is -2.43. The number of hydrogen-bond acceptors (Lipinski definition) is 6. The minimum Gasteiger partial charge on any atom is -0.487 e. The molecule has 2 aromatic rings. The largest absolute Gasteiger partial charge is 0.487 e. The number of hydrogen-bond donors (Lipinski definition) is 2. The molecule has 5 rings (SSSR count). The summed E-state index contributed by atoms with van der Waals surface area (Å²) in [4.78, 5) is 16.0. The lowest BCUT2D eigenvalue weighted by Gasteiger charge is -2.42. The van der Waals surface area contributed by atoms with Crippen molar-refractivity contribution < 1.29 is 23.1 Å². The molecule has 2 saturated carbocycles. The molecular formula is C39H53ClN2O5S. The second kappa shape index (κ2) is 16.7. The number of aryl methyl sites for hydroxylation is 1. The first kappa shape index (κ1) is 36.5. The van der Waals surface area contributed by atoms with Gasteiger partial charge >= 0.3 is 0 Å². The Morgan fingerprint density at radius 3 is 2.67 bits per heavy atom. The number of amides is 1. The van der Waals surface area contributed by atoms with Crippen LogP contribution in [0.1, 0.15) is 99.5 Å². The van der Waals surface area contributed by atoms with Crippen molar-refractivity contribution in [3.63, 3.8) is 0 Å². The lowest BCUT2D eigenvalue weighted by molar-refractivity contribution is 0.0461. The molecule has 1 amide bonds. The van der Waals surface area contributed by atoms with Crippen LogP contribution in [0.25, 0.3) is 0 Å². The number of benzene rings is 2. The van der Waals surface area contributed by atoms with Gasteiger partial charge in [-0.1, -0.05) is 69.0 Å². The van der Waals surface area contributed by atoms with E-state index in [4.69, 9.17) is 16.3 Å². The predicted molar refractivity (Wildman–Crippen MR) is 195 cm³/mol. The number of sulfonamides is 1. The number of rotatable bonds is 14. The van der Waals surface area contributed by atoms with E-state index in [2.05, 4.69) is 29.2 Å². The van der Waals surface area contributed by atoms with Crippen molar-refractivity contribution in [2.75, 3.05) is 18.0 Å². The van der Waals surface area contributed by atoms with E-state index < -0.39 is 27.3 Å². The molecule has 3 aliphatic rings. The van der Waals surface area contributed by atoms with E-state index in [-0.39, 0.29) is 23.3 Å². The average molecular weight is 697 g/mol. The zero-order valence-corrected chi connectivity index (χ0v) is 30.2. The normalized spacial score (nSPS) is 21.9. The van der Waals surface area contributed by atoms with Crippen LogP contribution in [0.2, 0.25) is 5.02 Å². The van der Waals surface area contributed by atoms with Gasteiger partial charge in [-0.15, -0.1) is 6.58 Å². The maximum absolute atomic E-state index is 13.7. The van der Waals surface area contributed by atoms with Crippen LogP contribution in [0.15, 0.2) is 61.2 Å². The maximum atomic E-state index is 13.7. The van der Waals surface area contributed by atoms with Crippen LogP contribution in [-0.2, 0) is 23.1 Å². The van der Waals surface area contributed by atoms with Crippen molar-refractivity contribution in [3.8, 4) is 5.75 Å². The van der Waals surface area contributed by atoms with Gasteiger partial charge in [0.05, 0.1) is 17.0 Å². The van der Waals surface area contributed by atoms with Crippen molar-refractivity contribution in [3.05, 3.63) is 82.9 Å². The van der Waals surface area contributed by atoms with Crippen LogP contribution in [0.5, 0.6) is 5.75 Å². The summed E-state index contributed by atoms with van der Waals surface area (Å²) >= 11 is 6.35. The highest BCUT2D eigenvalue weighted by atomic mass is 35.5. The van der Waals surface area contributed by atoms with Gasteiger partial charge in [0.25, 0.3) is 5.91 Å². The van der Waals surface area contributed by atoms with Gasteiger partial charge in [0, 0.05) is 23.7 Å². The molecule has 2 aliphatic carbocycles. The van der Waals surface area contributed by atoms with Gasteiger partial charge < -0.3 is 14.7 Å². The van der Waals surface area contributed by atoms with Crippen LogP contribution in [-0.4, -0.2) is 43.9 Å². The number of aliphatic hydroxyl groups is 1.